The number of amides is 1. The van der Waals surface area contributed by atoms with Crippen molar-refractivity contribution < 1.29 is 53.4 Å². The molecule has 462 valence electrons. The normalized spacial score (nSPS) is 18.0. The molecule has 0 unspecified atom stereocenters. The fraction of sp³-hybridized carbons (Fsp3) is 0.257. The van der Waals surface area contributed by atoms with Crippen molar-refractivity contribution in [2.75, 3.05) is 39.3 Å². The van der Waals surface area contributed by atoms with Crippen LogP contribution in [0.1, 0.15) is 116 Å². The minimum atomic E-state index is -0.725. The highest BCUT2D eigenvalue weighted by Gasteiger charge is 2.35. The second-order valence-corrected chi connectivity index (χ2v) is 23.3. The minimum Gasteiger partial charge on any atom is -0.508 e. The summed E-state index contributed by atoms with van der Waals surface area (Å²) >= 11 is 4.55. The van der Waals surface area contributed by atoms with Crippen LogP contribution in [-0.2, 0) is 37.1 Å². The van der Waals surface area contributed by atoms with Crippen LogP contribution >= 0.6 is 11.8 Å². The summed E-state index contributed by atoms with van der Waals surface area (Å²) in [5.74, 6) is 2.49. The molecule has 3 aliphatic carbocycles. The number of benzene rings is 6. The maximum absolute atomic E-state index is 12.9. The standard InChI is InChI=1S/C24H23NO3.C23H22N2O3.C18H12O3.C5H11NO2.ClHN4/c26-21-11-10-19-23(27)22(14-17-9-8-16-6-2-3-7-18(16)17)28-24(19)20(21)15-25-12-4-1-5-13-25;26-20-8-7-18-22(27)21(13-16-6-5-15-3-1-2-4-17(15)16)28-23(18)19(20)14-25-11-9-24-10-12-25;19-13-7-8-15-16(10-13)21-17(18(15)20)9-12-6-5-11-3-1-2-4-14(11)12;1-5(2,3)8-4(6)7;1-3-5-4-2/h2-3,6-7,9-11,14,26H,1,4-5,8,12-13,15H2;1-4,6-8,13,24,26H,5,9-12,14H2;1-4,6-10,19H,5H2;1-3H3,(H2,6,7);2H/b22-14-;21-13-;17-9-;;. The molecule has 0 radical (unpaired) electrons. The zero-order valence-corrected chi connectivity index (χ0v) is 50.9. The number of rotatable bonds is 8. The average Bonchev–Trinajstić information content (AvgIpc) is 1.99. The molecule has 0 aromatic heterocycles. The van der Waals surface area contributed by atoms with Crippen molar-refractivity contribution in [3.05, 3.63) is 230 Å². The van der Waals surface area contributed by atoms with Gasteiger partial charge in [-0.3, -0.25) is 24.2 Å². The van der Waals surface area contributed by atoms with Crippen molar-refractivity contribution >= 4 is 51.9 Å². The summed E-state index contributed by atoms with van der Waals surface area (Å²) in [7, 11) is 0. The summed E-state index contributed by atoms with van der Waals surface area (Å²) in [6.45, 7) is 12.2. The molecule has 6 aromatic carbocycles. The number of ketones is 3. The van der Waals surface area contributed by atoms with E-state index in [0.717, 1.165) is 97.5 Å². The average molecular weight is 1230 g/mol. The lowest BCUT2D eigenvalue weighted by Gasteiger charge is -2.27. The quantitative estimate of drug-likeness (QED) is 0.0470. The van der Waals surface area contributed by atoms with Crippen LogP contribution in [0.25, 0.3) is 16.7 Å². The third kappa shape index (κ3) is 15.0. The number of allylic oxidation sites excluding steroid dienone is 12. The van der Waals surface area contributed by atoms with Crippen molar-refractivity contribution in [2.45, 2.75) is 78.0 Å². The lowest BCUT2D eigenvalue weighted by Crippen LogP contribution is -2.42. The van der Waals surface area contributed by atoms with Crippen LogP contribution in [0, 0.1) is 5.53 Å². The molecule has 20 heteroatoms. The number of piperidine rings is 1. The number of primary amides is 1. The molecule has 1 amide bonds. The van der Waals surface area contributed by atoms with Crippen LogP contribution in [0.15, 0.2) is 184 Å². The number of piperazine rings is 1. The van der Waals surface area contributed by atoms with Gasteiger partial charge in [-0.1, -0.05) is 102 Å². The Morgan fingerprint density at radius 1 is 0.600 bits per heavy atom. The first-order valence-electron chi connectivity index (χ1n) is 29.7. The van der Waals surface area contributed by atoms with Gasteiger partial charge in [0.25, 0.3) is 0 Å². The molecule has 2 saturated heterocycles. The predicted molar refractivity (Wildman–Crippen MR) is 341 cm³/mol. The van der Waals surface area contributed by atoms with Gasteiger partial charge >= 0.3 is 6.09 Å². The Kier molecular flexibility index (Phi) is 20.1. The Labute approximate surface area is 526 Å². The summed E-state index contributed by atoms with van der Waals surface area (Å²) in [5.41, 5.74) is 23.4. The Balaban J connectivity index is 0.000000136. The first-order chi connectivity index (χ1) is 43.5. The fourth-order valence-electron chi connectivity index (χ4n) is 11.6. The molecule has 7 N–H and O–H groups in total. The molecule has 2 fully saturated rings. The monoisotopic (exact) mass is 1230 g/mol. The highest BCUT2D eigenvalue weighted by Crippen LogP contribution is 2.44. The van der Waals surface area contributed by atoms with Crippen molar-refractivity contribution in [3.63, 3.8) is 0 Å². The number of nitrogens with one attached hydrogen (secondary N) is 2. The number of likely N-dealkylation sites (tertiary alicyclic amines) is 1. The van der Waals surface area contributed by atoms with Gasteiger partial charge in [0.2, 0.25) is 17.3 Å². The number of aromatic hydroxyl groups is 3. The lowest BCUT2D eigenvalue weighted by atomic mass is 10.0. The maximum Gasteiger partial charge on any atom is 0.405 e. The first kappa shape index (κ1) is 63.2. The molecule has 0 spiro atoms. The lowest BCUT2D eigenvalue weighted by molar-refractivity contribution is 0.0599. The summed E-state index contributed by atoms with van der Waals surface area (Å²) in [4.78, 5) is 52.8. The molecular formula is C70H69ClN8O11. The van der Waals surface area contributed by atoms with Crippen molar-refractivity contribution in [2.24, 2.45) is 20.8 Å². The van der Waals surface area contributed by atoms with Crippen LogP contribution in [-0.4, -0.2) is 93.4 Å². The van der Waals surface area contributed by atoms with Crippen molar-refractivity contribution in [1.29, 1.82) is 5.53 Å². The van der Waals surface area contributed by atoms with Crippen LogP contribution in [0.3, 0.4) is 0 Å². The number of hydrogen-bond acceptors (Lipinski definition) is 16. The van der Waals surface area contributed by atoms with Crippen LogP contribution in [0.2, 0.25) is 0 Å². The van der Waals surface area contributed by atoms with E-state index in [-0.39, 0.29) is 34.6 Å². The summed E-state index contributed by atoms with van der Waals surface area (Å²) in [5, 5.41) is 38.7. The van der Waals surface area contributed by atoms with Crippen LogP contribution in [0.4, 0.5) is 4.79 Å². The maximum atomic E-state index is 12.9. The molecule has 5 heterocycles. The second-order valence-electron chi connectivity index (χ2n) is 23.1. The SMILES string of the molecule is CC(C)(C)OC(N)=O.N=NN=NCl.O=C1/C(=C/C2=CCc3ccccc32)Oc2c1ccc(O)c2CN1CCCCC1.O=C1/C(=C/C2=CCc3ccccc32)Oc2c1ccc(O)c2CN1CCNCC1.O=C1/C(=C/C2=CCc3ccccc32)Oc2cc(O)ccc21. The van der Waals surface area contributed by atoms with Crippen molar-refractivity contribution in [1.82, 2.24) is 15.1 Å². The fourth-order valence-corrected chi connectivity index (χ4v) is 11.6. The summed E-state index contributed by atoms with van der Waals surface area (Å²) < 4.78 is 24.8. The molecule has 0 bridgehead atoms. The number of ether oxygens (including phenoxy) is 4. The van der Waals surface area contributed by atoms with E-state index in [1.807, 2.05) is 54.6 Å². The third-order valence-corrected chi connectivity index (χ3v) is 15.9. The molecule has 90 heavy (non-hydrogen) atoms. The molecule has 14 rings (SSSR count). The minimum absolute atomic E-state index is 0.0910. The van der Waals surface area contributed by atoms with Crippen molar-refractivity contribution in [3.8, 4) is 34.5 Å². The van der Waals surface area contributed by atoms with E-state index in [1.165, 1.54) is 48.1 Å². The van der Waals surface area contributed by atoms with E-state index in [2.05, 4.69) is 95.3 Å². The second kappa shape index (κ2) is 28.6. The zero-order valence-electron chi connectivity index (χ0n) is 50.1. The molecule has 0 atom stereocenters. The van der Waals surface area contributed by atoms with Gasteiger partial charge in [0.15, 0.2) is 17.3 Å². The predicted octanol–water partition coefficient (Wildman–Crippen LogP) is 13.3. The number of phenols is 3. The molecule has 5 aliphatic heterocycles. The van der Waals surface area contributed by atoms with Crippen LogP contribution < -0.4 is 25.3 Å². The number of hydrogen-bond donors (Lipinski definition) is 6. The molecule has 8 aliphatic rings. The van der Waals surface area contributed by atoms with E-state index in [0.29, 0.717) is 69.9 Å². The molecule has 0 saturated carbocycles. The number of halogens is 1. The number of nitrogens with zero attached hydrogens (tertiary/aromatic N) is 5. The van der Waals surface area contributed by atoms with Gasteiger partial charge in [-0.15, -0.1) is 0 Å². The first-order valence-corrected chi connectivity index (χ1v) is 30.0. The Bertz CT molecular complexity index is 3850. The number of Topliss-reactive ketones (excluding diaryl/α,β-unsaturated/α-hetero) is 3. The Hall–Kier alpha value is -9.79. The van der Waals surface area contributed by atoms with Crippen LogP contribution in [0.5, 0.6) is 34.5 Å². The summed E-state index contributed by atoms with van der Waals surface area (Å²) in [6.07, 6.45) is 17.3. The van der Waals surface area contributed by atoms with E-state index < -0.39 is 11.7 Å². The van der Waals surface area contributed by atoms with Gasteiger partial charge < -0.3 is 45.3 Å². The number of phenolic OH excluding ortho intramolecular Hbond substituents is 3. The van der Waals surface area contributed by atoms with Gasteiger partial charge in [-0.25, -0.2) is 4.79 Å². The van der Waals surface area contributed by atoms with E-state index in [1.54, 1.807) is 57.2 Å². The zero-order chi connectivity index (χ0) is 63.5. The third-order valence-electron chi connectivity index (χ3n) is 15.9. The Morgan fingerprint density at radius 2 is 1.02 bits per heavy atom. The van der Waals surface area contributed by atoms with Gasteiger partial charge in [0, 0.05) is 45.3 Å². The number of carbonyl (C=O) groups is 4. The highest BCUT2D eigenvalue weighted by molar-refractivity contribution is 6.15. The van der Waals surface area contributed by atoms with Gasteiger partial charge in [0.05, 0.1) is 39.6 Å². The molecular weight excluding hydrogens is 1160 g/mol. The topological polar surface area (TPSA) is 271 Å². The number of fused-ring (bicyclic) bond motifs is 6. The Morgan fingerprint density at radius 3 is 1.43 bits per heavy atom. The number of nitrogens with two attached hydrogens (primary N) is 1. The smallest absolute Gasteiger partial charge is 0.405 e. The van der Waals surface area contributed by atoms with E-state index in [9.17, 15) is 34.5 Å². The number of carbonyl (C=O) groups excluding carboxylic acids is 4. The van der Waals surface area contributed by atoms with Gasteiger partial charge in [0.1, 0.15) is 40.1 Å². The van der Waals surface area contributed by atoms with Gasteiger partial charge in [-0.05, 0) is 181 Å². The molecule has 6 aromatic rings. The molecule has 19 nitrogen and oxygen atoms in total. The largest absolute Gasteiger partial charge is 0.508 e. The van der Waals surface area contributed by atoms with Gasteiger partial charge in [-0.2, -0.15) is 5.53 Å². The highest BCUT2D eigenvalue weighted by atomic mass is 35.5. The van der Waals surface area contributed by atoms with E-state index >= 15 is 0 Å². The summed E-state index contributed by atoms with van der Waals surface area (Å²) in [6, 6.07) is 35.7. The van der Waals surface area contributed by atoms with E-state index in [4.69, 9.17) is 25.5 Å².